The van der Waals surface area contributed by atoms with Crippen molar-refractivity contribution >= 4 is 0 Å². The van der Waals surface area contributed by atoms with Gasteiger partial charge in [-0.2, -0.15) is 5.10 Å². The van der Waals surface area contributed by atoms with Crippen LogP contribution in [0, 0.1) is 13.8 Å². The molecular formula is C16H16N4O2. The van der Waals surface area contributed by atoms with Crippen LogP contribution < -0.4 is 9.47 Å². The van der Waals surface area contributed by atoms with Crippen LogP contribution in [-0.4, -0.2) is 33.0 Å². The molecule has 0 unspecified atom stereocenters. The van der Waals surface area contributed by atoms with E-state index in [0.717, 1.165) is 40.1 Å². The summed E-state index contributed by atoms with van der Waals surface area (Å²) in [6, 6.07) is 7.82. The van der Waals surface area contributed by atoms with E-state index in [9.17, 15) is 0 Å². The summed E-state index contributed by atoms with van der Waals surface area (Å²) >= 11 is 0. The first-order valence-electron chi connectivity index (χ1n) is 7.20. The molecule has 0 spiro atoms. The molecule has 1 aliphatic rings. The highest BCUT2D eigenvalue weighted by Gasteiger charge is 2.17. The molecule has 0 amide bonds. The smallest absolute Gasteiger partial charge is 0.165 e. The topological polar surface area (TPSA) is 65.0 Å². The highest BCUT2D eigenvalue weighted by molar-refractivity contribution is 5.62. The third-order valence-corrected chi connectivity index (χ3v) is 3.68. The molecule has 3 aromatic rings. The summed E-state index contributed by atoms with van der Waals surface area (Å²) in [7, 11) is 0. The first-order valence-corrected chi connectivity index (χ1v) is 7.20. The second kappa shape index (κ2) is 4.91. The molecule has 1 aliphatic heterocycles. The molecule has 0 saturated heterocycles. The summed E-state index contributed by atoms with van der Waals surface area (Å²) in [4.78, 5) is 7.74. The summed E-state index contributed by atoms with van der Waals surface area (Å²) in [6.45, 7) is 5.06. The molecule has 0 saturated carbocycles. The molecule has 1 aromatic carbocycles. The van der Waals surface area contributed by atoms with E-state index in [1.54, 1.807) is 0 Å². The highest BCUT2D eigenvalue weighted by Crippen LogP contribution is 2.33. The first kappa shape index (κ1) is 12.9. The Kier molecular flexibility index (Phi) is 2.89. The zero-order chi connectivity index (χ0) is 15.1. The van der Waals surface area contributed by atoms with Gasteiger partial charge in [0.1, 0.15) is 19.0 Å². The molecule has 112 valence electrons. The molecule has 6 heteroatoms. The van der Waals surface area contributed by atoms with Crippen LogP contribution in [0.3, 0.4) is 0 Å². The van der Waals surface area contributed by atoms with E-state index in [-0.39, 0.29) is 0 Å². The van der Waals surface area contributed by atoms with Gasteiger partial charge in [-0.15, -0.1) is 0 Å². The van der Waals surface area contributed by atoms with E-state index in [1.807, 2.05) is 49.0 Å². The molecule has 0 radical (unpaired) electrons. The molecule has 22 heavy (non-hydrogen) atoms. The van der Waals surface area contributed by atoms with Crippen LogP contribution >= 0.6 is 0 Å². The van der Waals surface area contributed by atoms with Gasteiger partial charge in [-0.05, 0) is 32.0 Å². The number of benzene rings is 1. The van der Waals surface area contributed by atoms with Gasteiger partial charge in [0.25, 0.3) is 0 Å². The minimum atomic E-state index is 0.566. The summed E-state index contributed by atoms with van der Waals surface area (Å²) in [5, 5.41) is 4.52. The summed E-state index contributed by atoms with van der Waals surface area (Å²) in [5.41, 5.74) is 3.00. The Morgan fingerprint density at radius 1 is 1.09 bits per heavy atom. The molecule has 4 rings (SSSR count). The molecule has 0 fully saturated rings. The minimum Gasteiger partial charge on any atom is -0.486 e. The van der Waals surface area contributed by atoms with Gasteiger partial charge in [-0.1, -0.05) is 0 Å². The Hall–Kier alpha value is -2.76. The lowest BCUT2D eigenvalue weighted by Gasteiger charge is -2.19. The number of rotatable bonds is 2. The van der Waals surface area contributed by atoms with E-state index in [2.05, 4.69) is 15.1 Å². The molecule has 3 heterocycles. The molecular weight excluding hydrogens is 280 g/mol. The van der Waals surface area contributed by atoms with Crippen molar-refractivity contribution in [2.75, 3.05) is 13.2 Å². The SMILES string of the molecule is Cc1nc(-c2cc[nH]c2C)n(-c2ccc3c(c2)OCCO3)n1. The third kappa shape index (κ3) is 2.04. The maximum atomic E-state index is 5.65. The number of hydrogen-bond donors (Lipinski definition) is 1. The van der Waals surface area contributed by atoms with E-state index < -0.39 is 0 Å². The molecule has 1 N–H and O–H groups in total. The van der Waals surface area contributed by atoms with Crippen molar-refractivity contribution in [1.82, 2.24) is 19.7 Å². The monoisotopic (exact) mass is 296 g/mol. The van der Waals surface area contributed by atoms with Crippen molar-refractivity contribution in [3.63, 3.8) is 0 Å². The van der Waals surface area contributed by atoms with Gasteiger partial charge in [0.2, 0.25) is 0 Å². The van der Waals surface area contributed by atoms with E-state index in [0.29, 0.717) is 13.2 Å². The Bertz CT molecular complexity index is 835. The Labute approximate surface area is 127 Å². The van der Waals surface area contributed by atoms with Gasteiger partial charge in [0.15, 0.2) is 17.3 Å². The quantitative estimate of drug-likeness (QED) is 0.789. The Morgan fingerprint density at radius 2 is 1.91 bits per heavy atom. The number of fused-ring (bicyclic) bond motifs is 1. The first-order chi connectivity index (χ1) is 10.7. The van der Waals surface area contributed by atoms with Crippen molar-refractivity contribution in [2.24, 2.45) is 0 Å². The zero-order valence-electron chi connectivity index (χ0n) is 12.5. The van der Waals surface area contributed by atoms with E-state index in [1.165, 1.54) is 0 Å². The van der Waals surface area contributed by atoms with Crippen LogP contribution in [0.5, 0.6) is 11.5 Å². The molecule has 0 aliphatic carbocycles. The second-order valence-corrected chi connectivity index (χ2v) is 5.24. The second-order valence-electron chi connectivity index (χ2n) is 5.24. The fraction of sp³-hybridized carbons (Fsp3) is 0.250. The molecule has 2 aromatic heterocycles. The predicted molar refractivity (Wildman–Crippen MR) is 81.6 cm³/mol. The number of nitrogens with one attached hydrogen (secondary N) is 1. The normalized spacial score (nSPS) is 13.4. The lowest BCUT2D eigenvalue weighted by molar-refractivity contribution is 0.171. The molecule has 0 bridgehead atoms. The summed E-state index contributed by atoms with van der Waals surface area (Å²) in [5.74, 6) is 3.05. The fourth-order valence-corrected chi connectivity index (χ4v) is 2.63. The van der Waals surface area contributed by atoms with Gasteiger partial charge in [0, 0.05) is 23.5 Å². The van der Waals surface area contributed by atoms with Crippen LogP contribution in [0.2, 0.25) is 0 Å². The number of aryl methyl sites for hydroxylation is 2. The van der Waals surface area contributed by atoms with Crippen LogP contribution in [0.25, 0.3) is 17.1 Å². The highest BCUT2D eigenvalue weighted by atomic mass is 16.6. The average molecular weight is 296 g/mol. The van der Waals surface area contributed by atoms with E-state index >= 15 is 0 Å². The van der Waals surface area contributed by atoms with Gasteiger partial charge < -0.3 is 14.5 Å². The van der Waals surface area contributed by atoms with Gasteiger partial charge in [0.05, 0.1) is 5.69 Å². The van der Waals surface area contributed by atoms with Crippen molar-refractivity contribution < 1.29 is 9.47 Å². The standard InChI is InChI=1S/C16H16N4O2/c1-10-13(5-6-17-10)16-18-11(2)19-20(16)12-3-4-14-15(9-12)22-8-7-21-14/h3-6,9,17H,7-8H2,1-2H3. The maximum Gasteiger partial charge on any atom is 0.165 e. The molecule has 0 atom stereocenters. The Balaban J connectivity index is 1.85. The van der Waals surface area contributed by atoms with Gasteiger partial charge in [-0.25, -0.2) is 9.67 Å². The largest absolute Gasteiger partial charge is 0.486 e. The van der Waals surface area contributed by atoms with Crippen molar-refractivity contribution in [3.8, 4) is 28.6 Å². The molecule has 6 nitrogen and oxygen atoms in total. The van der Waals surface area contributed by atoms with Crippen molar-refractivity contribution in [2.45, 2.75) is 13.8 Å². The van der Waals surface area contributed by atoms with Crippen LogP contribution in [0.15, 0.2) is 30.5 Å². The maximum absolute atomic E-state index is 5.65. The number of aromatic amines is 1. The number of nitrogens with zero attached hydrogens (tertiary/aromatic N) is 3. The summed E-state index contributed by atoms with van der Waals surface area (Å²) in [6.07, 6.45) is 1.91. The third-order valence-electron chi connectivity index (χ3n) is 3.68. The lowest BCUT2D eigenvalue weighted by atomic mass is 10.2. The average Bonchev–Trinajstić information content (AvgIpc) is 3.12. The van der Waals surface area contributed by atoms with Crippen LogP contribution in [0.4, 0.5) is 0 Å². The van der Waals surface area contributed by atoms with Crippen molar-refractivity contribution in [3.05, 3.63) is 42.0 Å². The number of ether oxygens (including phenoxy) is 2. The minimum absolute atomic E-state index is 0.566. The number of H-pyrrole nitrogens is 1. The fourth-order valence-electron chi connectivity index (χ4n) is 2.63. The number of aromatic nitrogens is 4. The summed E-state index contributed by atoms with van der Waals surface area (Å²) < 4.78 is 13.1. The Morgan fingerprint density at radius 3 is 2.68 bits per heavy atom. The zero-order valence-corrected chi connectivity index (χ0v) is 12.5. The predicted octanol–water partition coefficient (Wildman–Crippen LogP) is 2.65. The lowest BCUT2D eigenvalue weighted by Crippen LogP contribution is -2.15. The van der Waals surface area contributed by atoms with Gasteiger partial charge >= 0.3 is 0 Å². The van der Waals surface area contributed by atoms with Crippen LogP contribution in [0.1, 0.15) is 11.5 Å². The van der Waals surface area contributed by atoms with Gasteiger partial charge in [-0.3, -0.25) is 0 Å². The van der Waals surface area contributed by atoms with Crippen LogP contribution in [-0.2, 0) is 0 Å². The van der Waals surface area contributed by atoms with Crippen molar-refractivity contribution in [1.29, 1.82) is 0 Å². The van der Waals surface area contributed by atoms with E-state index in [4.69, 9.17) is 9.47 Å². The number of hydrogen-bond acceptors (Lipinski definition) is 4.